The van der Waals surface area contributed by atoms with Gasteiger partial charge in [-0.1, -0.05) is 67.4 Å². The standard InChI is InChI=1S/C33H28N4/c1-21-11-13-29-26(16-21)33(3,4)27-17-22(2)12-14-30(27)37(29)24-18-23(19-34-20-24)36-28-9-6-5-8-25(28)32-31(36)10-7-15-35-32/h5-20H,1-4H3. The van der Waals surface area contributed by atoms with E-state index >= 15 is 0 Å². The van der Waals surface area contributed by atoms with Gasteiger partial charge in [0.25, 0.3) is 0 Å². The van der Waals surface area contributed by atoms with Crippen LogP contribution in [0.5, 0.6) is 0 Å². The van der Waals surface area contributed by atoms with Crippen molar-refractivity contribution in [2.75, 3.05) is 4.90 Å². The second-order valence-electron chi connectivity index (χ2n) is 10.6. The number of fused-ring (bicyclic) bond motifs is 5. The monoisotopic (exact) mass is 480 g/mol. The lowest BCUT2D eigenvalue weighted by Crippen LogP contribution is -2.31. The van der Waals surface area contributed by atoms with E-state index in [9.17, 15) is 0 Å². The van der Waals surface area contributed by atoms with Crippen molar-refractivity contribution in [2.24, 2.45) is 0 Å². The van der Waals surface area contributed by atoms with E-state index in [0.29, 0.717) is 0 Å². The molecule has 3 aromatic heterocycles. The molecule has 1 aliphatic rings. The predicted molar refractivity (Wildman–Crippen MR) is 153 cm³/mol. The highest BCUT2D eigenvalue weighted by Crippen LogP contribution is 2.52. The Balaban J connectivity index is 1.50. The van der Waals surface area contributed by atoms with Gasteiger partial charge in [0, 0.05) is 17.0 Å². The summed E-state index contributed by atoms with van der Waals surface area (Å²) in [4.78, 5) is 11.8. The average molecular weight is 481 g/mol. The molecule has 3 aromatic carbocycles. The van der Waals surface area contributed by atoms with Crippen LogP contribution in [0.3, 0.4) is 0 Å². The minimum atomic E-state index is -0.108. The van der Waals surface area contributed by atoms with Crippen LogP contribution in [-0.2, 0) is 5.41 Å². The maximum atomic E-state index is 4.76. The molecule has 4 heterocycles. The predicted octanol–water partition coefficient (Wildman–Crippen LogP) is 8.30. The summed E-state index contributed by atoms with van der Waals surface area (Å²) < 4.78 is 2.27. The van der Waals surface area contributed by atoms with Gasteiger partial charge in [-0.25, -0.2) is 0 Å². The van der Waals surface area contributed by atoms with Crippen molar-refractivity contribution >= 4 is 39.0 Å². The van der Waals surface area contributed by atoms with Crippen LogP contribution in [0.25, 0.3) is 27.6 Å². The van der Waals surface area contributed by atoms with Crippen molar-refractivity contribution in [1.29, 1.82) is 0 Å². The van der Waals surface area contributed by atoms with Crippen LogP contribution in [0.1, 0.15) is 36.1 Å². The Kier molecular flexibility index (Phi) is 4.58. The van der Waals surface area contributed by atoms with Gasteiger partial charge in [-0.2, -0.15) is 0 Å². The molecule has 7 rings (SSSR count). The second kappa shape index (κ2) is 7.78. The molecule has 4 nitrogen and oxygen atoms in total. The van der Waals surface area contributed by atoms with Gasteiger partial charge in [0.15, 0.2) is 0 Å². The van der Waals surface area contributed by atoms with Crippen LogP contribution in [0.15, 0.2) is 97.5 Å². The molecule has 0 fully saturated rings. The Morgan fingerprint density at radius 2 is 1.32 bits per heavy atom. The summed E-state index contributed by atoms with van der Waals surface area (Å²) in [7, 11) is 0. The minimum Gasteiger partial charge on any atom is -0.308 e. The summed E-state index contributed by atoms with van der Waals surface area (Å²) in [6, 6.07) is 28.4. The fourth-order valence-corrected chi connectivity index (χ4v) is 5.97. The maximum Gasteiger partial charge on any atom is 0.0963 e. The van der Waals surface area contributed by atoms with Crippen molar-refractivity contribution < 1.29 is 0 Å². The van der Waals surface area contributed by atoms with Crippen molar-refractivity contribution in [3.05, 3.63) is 120 Å². The van der Waals surface area contributed by atoms with E-state index in [1.165, 1.54) is 33.6 Å². The molecule has 0 amide bonds. The SMILES string of the molecule is Cc1ccc2c(c1)C(C)(C)c1cc(C)ccc1N2c1cncc(-n2c3ccccc3c3ncccc32)c1. The molecule has 0 saturated heterocycles. The molecule has 0 unspecified atom stereocenters. The molecule has 0 radical (unpaired) electrons. The number of rotatable bonds is 2. The fourth-order valence-electron chi connectivity index (χ4n) is 5.97. The Bertz CT molecular complexity index is 1730. The number of benzene rings is 3. The molecule has 180 valence electrons. The molecule has 37 heavy (non-hydrogen) atoms. The van der Waals surface area contributed by atoms with Gasteiger partial charge in [0.2, 0.25) is 0 Å². The number of hydrogen-bond donors (Lipinski definition) is 0. The fraction of sp³-hybridized carbons (Fsp3) is 0.152. The Morgan fingerprint density at radius 1 is 0.676 bits per heavy atom. The summed E-state index contributed by atoms with van der Waals surface area (Å²) in [5.41, 5.74) is 12.8. The third-order valence-corrected chi connectivity index (χ3v) is 7.79. The lowest BCUT2D eigenvalue weighted by Gasteiger charge is -2.42. The molecule has 0 N–H and O–H groups in total. The molecular weight excluding hydrogens is 452 g/mol. The molecular formula is C33H28N4. The Morgan fingerprint density at radius 3 is 2.05 bits per heavy atom. The molecule has 0 bridgehead atoms. The summed E-state index contributed by atoms with van der Waals surface area (Å²) in [5.74, 6) is 0. The molecule has 0 aliphatic carbocycles. The molecule has 0 saturated carbocycles. The van der Waals surface area contributed by atoms with Crippen molar-refractivity contribution in [3.63, 3.8) is 0 Å². The van der Waals surface area contributed by atoms with E-state index < -0.39 is 0 Å². The summed E-state index contributed by atoms with van der Waals surface area (Å²) in [5, 5.41) is 1.14. The first kappa shape index (κ1) is 21.8. The summed E-state index contributed by atoms with van der Waals surface area (Å²) >= 11 is 0. The number of pyridine rings is 2. The smallest absolute Gasteiger partial charge is 0.0963 e. The zero-order chi connectivity index (χ0) is 25.3. The number of hydrogen-bond acceptors (Lipinski definition) is 3. The number of anilines is 3. The molecule has 0 spiro atoms. The van der Waals surface area contributed by atoms with Crippen LogP contribution in [0, 0.1) is 13.8 Å². The molecule has 4 heteroatoms. The van der Waals surface area contributed by atoms with Crippen LogP contribution >= 0.6 is 0 Å². The van der Waals surface area contributed by atoms with Crippen molar-refractivity contribution in [2.45, 2.75) is 33.1 Å². The van der Waals surface area contributed by atoms with Crippen molar-refractivity contribution in [3.8, 4) is 5.69 Å². The van der Waals surface area contributed by atoms with Crippen LogP contribution in [0.4, 0.5) is 17.1 Å². The molecule has 1 aliphatic heterocycles. The van der Waals surface area contributed by atoms with Crippen LogP contribution in [0.2, 0.25) is 0 Å². The average Bonchev–Trinajstić information content (AvgIpc) is 3.24. The zero-order valence-corrected chi connectivity index (χ0v) is 21.5. The molecule has 0 atom stereocenters. The number of nitrogens with zero attached hydrogens (tertiary/aromatic N) is 4. The minimum absolute atomic E-state index is 0.108. The highest BCUT2D eigenvalue weighted by Gasteiger charge is 2.37. The Hall–Kier alpha value is -4.44. The van der Waals surface area contributed by atoms with E-state index in [-0.39, 0.29) is 5.41 Å². The highest BCUT2D eigenvalue weighted by atomic mass is 15.2. The van der Waals surface area contributed by atoms with Gasteiger partial charge in [0.05, 0.1) is 51.7 Å². The quantitative estimate of drug-likeness (QED) is 0.250. The lowest BCUT2D eigenvalue weighted by atomic mass is 9.73. The maximum absolute atomic E-state index is 4.76. The topological polar surface area (TPSA) is 34.0 Å². The van der Waals surface area contributed by atoms with Gasteiger partial charge in [-0.3, -0.25) is 9.97 Å². The van der Waals surface area contributed by atoms with Crippen LogP contribution in [-0.4, -0.2) is 14.5 Å². The summed E-state index contributed by atoms with van der Waals surface area (Å²) in [6.07, 6.45) is 5.78. The van der Waals surface area contributed by atoms with Crippen molar-refractivity contribution in [1.82, 2.24) is 14.5 Å². The number of aromatic nitrogens is 3. The van der Waals surface area contributed by atoms with E-state index in [2.05, 4.69) is 110 Å². The number of aryl methyl sites for hydroxylation is 2. The van der Waals surface area contributed by atoms with Gasteiger partial charge in [-0.15, -0.1) is 0 Å². The normalized spacial score (nSPS) is 14.1. The van der Waals surface area contributed by atoms with E-state index in [1.54, 1.807) is 0 Å². The van der Waals surface area contributed by atoms with E-state index in [1.807, 2.05) is 24.7 Å². The number of para-hydroxylation sites is 1. The van der Waals surface area contributed by atoms with Gasteiger partial charge in [0.1, 0.15) is 0 Å². The van der Waals surface area contributed by atoms with Gasteiger partial charge < -0.3 is 9.47 Å². The highest BCUT2D eigenvalue weighted by molar-refractivity contribution is 6.07. The largest absolute Gasteiger partial charge is 0.308 e. The third kappa shape index (κ3) is 3.15. The second-order valence-corrected chi connectivity index (χ2v) is 10.6. The first-order valence-electron chi connectivity index (χ1n) is 12.8. The van der Waals surface area contributed by atoms with Crippen LogP contribution < -0.4 is 4.90 Å². The van der Waals surface area contributed by atoms with E-state index in [4.69, 9.17) is 9.97 Å². The first-order chi connectivity index (χ1) is 17.9. The molecule has 6 aromatic rings. The first-order valence-corrected chi connectivity index (χ1v) is 12.8. The zero-order valence-electron chi connectivity index (χ0n) is 21.5. The summed E-state index contributed by atoms with van der Waals surface area (Å²) in [6.45, 7) is 9.01. The Labute approximate surface area is 216 Å². The van der Waals surface area contributed by atoms with E-state index in [0.717, 1.165) is 33.3 Å². The van der Waals surface area contributed by atoms with Gasteiger partial charge in [-0.05, 0) is 61.4 Å². The van der Waals surface area contributed by atoms with Gasteiger partial charge >= 0.3 is 0 Å². The third-order valence-electron chi connectivity index (χ3n) is 7.79. The lowest BCUT2D eigenvalue weighted by molar-refractivity contribution is 0.630.